The van der Waals surface area contributed by atoms with Gasteiger partial charge < -0.3 is 0 Å². The van der Waals surface area contributed by atoms with Crippen molar-refractivity contribution in [2.24, 2.45) is 5.92 Å². The van der Waals surface area contributed by atoms with Crippen molar-refractivity contribution in [2.45, 2.75) is 39.0 Å². The van der Waals surface area contributed by atoms with Crippen molar-refractivity contribution in [1.29, 1.82) is 5.26 Å². The van der Waals surface area contributed by atoms with Crippen molar-refractivity contribution in [3.63, 3.8) is 0 Å². The molecule has 0 saturated heterocycles. The van der Waals surface area contributed by atoms with E-state index in [0.29, 0.717) is 5.92 Å². The highest BCUT2D eigenvalue weighted by Crippen LogP contribution is 2.29. The quantitative estimate of drug-likeness (QED) is 0.801. The molecule has 1 unspecified atom stereocenters. The van der Waals surface area contributed by atoms with Gasteiger partial charge in [-0.15, -0.1) is 0 Å². The van der Waals surface area contributed by atoms with Gasteiger partial charge >= 0.3 is 0 Å². The van der Waals surface area contributed by atoms with E-state index in [1.165, 1.54) is 11.1 Å². The van der Waals surface area contributed by atoms with Crippen LogP contribution in [0, 0.1) is 30.0 Å². The Hall–Kier alpha value is -2.14. The number of benzene rings is 2. The van der Waals surface area contributed by atoms with E-state index in [-0.39, 0.29) is 5.82 Å². The third-order valence-electron chi connectivity index (χ3n) is 4.70. The summed E-state index contributed by atoms with van der Waals surface area (Å²) in [6.07, 6.45) is 5.05. The molecule has 0 saturated carbocycles. The second-order valence-electron chi connectivity index (χ2n) is 6.34. The number of hydrogen-bond donors (Lipinski definition) is 0. The molecule has 0 aromatic heterocycles. The van der Waals surface area contributed by atoms with Crippen LogP contribution in [0.25, 0.3) is 0 Å². The van der Waals surface area contributed by atoms with Crippen molar-refractivity contribution in [3.05, 3.63) is 70.0 Å². The molecule has 0 aliphatic heterocycles. The van der Waals surface area contributed by atoms with Gasteiger partial charge in [-0.25, -0.2) is 4.39 Å². The van der Waals surface area contributed by atoms with Gasteiger partial charge in [0.15, 0.2) is 0 Å². The molecule has 0 spiro atoms. The molecular formula is C20H20FN. The lowest BCUT2D eigenvalue weighted by Gasteiger charge is -2.24. The molecule has 1 aliphatic carbocycles. The van der Waals surface area contributed by atoms with Gasteiger partial charge in [0.2, 0.25) is 0 Å². The van der Waals surface area contributed by atoms with Crippen LogP contribution in [-0.4, -0.2) is 0 Å². The van der Waals surface area contributed by atoms with E-state index in [2.05, 4.69) is 12.1 Å². The number of nitriles is 1. The fraction of sp³-hybridized carbons (Fsp3) is 0.350. The minimum Gasteiger partial charge on any atom is -0.207 e. The molecule has 2 aromatic rings. The summed E-state index contributed by atoms with van der Waals surface area (Å²) in [5, 5.41) is 8.96. The molecule has 0 fully saturated rings. The molecule has 2 heteroatoms. The first-order valence-electron chi connectivity index (χ1n) is 7.92. The molecule has 3 rings (SSSR count). The standard InChI is InChI=1S/C20H20FN/c1-14-2-6-17(20(21)10-14)7-3-15-4-8-19-12-16(13-22)5-9-18(19)11-15/h2,5-6,9-10,12,15H,3-4,7-8,11H2,1H3. The highest BCUT2D eigenvalue weighted by molar-refractivity contribution is 5.39. The zero-order valence-electron chi connectivity index (χ0n) is 12.9. The summed E-state index contributed by atoms with van der Waals surface area (Å²) in [4.78, 5) is 0. The number of nitrogens with zero attached hydrogens (tertiary/aromatic N) is 1. The number of halogens is 1. The van der Waals surface area contributed by atoms with Gasteiger partial charge in [0.25, 0.3) is 0 Å². The van der Waals surface area contributed by atoms with Gasteiger partial charge in [-0.1, -0.05) is 18.2 Å². The normalized spacial score (nSPS) is 16.9. The van der Waals surface area contributed by atoms with Gasteiger partial charge in [0.05, 0.1) is 11.6 Å². The van der Waals surface area contributed by atoms with E-state index in [9.17, 15) is 4.39 Å². The maximum atomic E-state index is 13.9. The Balaban J connectivity index is 1.64. The summed E-state index contributed by atoms with van der Waals surface area (Å²) >= 11 is 0. The maximum Gasteiger partial charge on any atom is 0.126 e. The zero-order chi connectivity index (χ0) is 15.5. The number of fused-ring (bicyclic) bond motifs is 1. The van der Waals surface area contributed by atoms with Crippen LogP contribution in [0.3, 0.4) is 0 Å². The summed E-state index contributed by atoms with van der Waals surface area (Å²) in [6.45, 7) is 1.92. The highest BCUT2D eigenvalue weighted by Gasteiger charge is 2.19. The molecule has 22 heavy (non-hydrogen) atoms. The summed E-state index contributed by atoms with van der Waals surface area (Å²) in [7, 11) is 0. The van der Waals surface area contributed by atoms with Gasteiger partial charge in [-0.2, -0.15) is 5.26 Å². The summed E-state index contributed by atoms with van der Waals surface area (Å²) in [5.41, 5.74) is 5.23. The van der Waals surface area contributed by atoms with Crippen molar-refractivity contribution in [1.82, 2.24) is 0 Å². The SMILES string of the molecule is Cc1ccc(CCC2CCc3cc(C#N)ccc3C2)c(F)c1. The van der Waals surface area contributed by atoms with Gasteiger partial charge in [0.1, 0.15) is 5.82 Å². The van der Waals surface area contributed by atoms with Crippen molar-refractivity contribution < 1.29 is 4.39 Å². The average molecular weight is 293 g/mol. The van der Waals surface area contributed by atoms with Crippen LogP contribution in [0.15, 0.2) is 36.4 Å². The van der Waals surface area contributed by atoms with Crippen molar-refractivity contribution in [3.8, 4) is 6.07 Å². The first-order valence-corrected chi connectivity index (χ1v) is 7.92. The lowest BCUT2D eigenvalue weighted by atomic mass is 9.80. The molecule has 0 heterocycles. The van der Waals surface area contributed by atoms with Gasteiger partial charge in [0, 0.05) is 0 Å². The van der Waals surface area contributed by atoms with E-state index < -0.39 is 0 Å². The predicted molar refractivity (Wildman–Crippen MR) is 86.1 cm³/mol. The highest BCUT2D eigenvalue weighted by atomic mass is 19.1. The molecule has 112 valence electrons. The van der Waals surface area contributed by atoms with E-state index in [1.807, 2.05) is 31.2 Å². The Bertz CT molecular complexity index is 727. The van der Waals surface area contributed by atoms with Crippen LogP contribution >= 0.6 is 0 Å². The molecule has 1 aliphatic rings. The summed E-state index contributed by atoms with van der Waals surface area (Å²) in [6, 6.07) is 13.7. The second-order valence-corrected chi connectivity index (χ2v) is 6.34. The first-order chi connectivity index (χ1) is 10.7. The number of rotatable bonds is 3. The second kappa shape index (κ2) is 6.32. The minimum absolute atomic E-state index is 0.0742. The Morgan fingerprint density at radius 3 is 2.82 bits per heavy atom. The molecule has 1 nitrogen and oxygen atoms in total. The van der Waals surface area contributed by atoms with Gasteiger partial charge in [-0.05, 0) is 85.4 Å². The maximum absolute atomic E-state index is 13.9. The van der Waals surface area contributed by atoms with Gasteiger partial charge in [-0.3, -0.25) is 0 Å². The Morgan fingerprint density at radius 1 is 1.18 bits per heavy atom. The summed E-state index contributed by atoms with van der Waals surface area (Å²) in [5.74, 6) is 0.538. The van der Waals surface area contributed by atoms with Crippen LogP contribution in [0.1, 0.15) is 40.7 Å². The minimum atomic E-state index is -0.0742. The Morgan fingerprint density at radius 2 is 2.05 bits per heavy atom. The van der Waals surface area contributed by atoms with Crippen LogP contribution in [-0.2, 0) is 19.3 Å². The first kappa shape index (κ1) is 14.8. The van der Waals surface area contributed by atoms with E-state index in [1.54, 1.807) is 6.07 Å². The third-order valence-corrected chi connectivity index (χ3v) is 4.70. The fourth-order valence-corrected chi connectivity index (χ4v) is 3.36. The summed E-state index contributed by atoms with van der Waals surface area (Å²) < 4.78 is 13.9. The number of aryl methyl sites for hydroxylation is 3. The topological polar surface area (TPSA) is 23.8 Å². The molecule has 2 aromatic carbocycles. The fourth-order valence-electron chi connectivity index (χ4n) is 3.36. The van der Waals surface area contributed by atoms with E-state index in [0.717, 1.165) is 48.8 Å². The van der Waals surface area contributed by atoms with Crippen LogP contribution in [0.5, 0.6) is 0 Å². The monoisotopic (exact) mass is 293 g/mol. The molecule has 0 amide bonds. The Kier molecular flexibility index (Phi) is 4.24. The number of hydrogen-bond acceptors (Lipinski definition) is 1. The predicted octanol–water partition coefficient (Wildman–Crippen LogP) is 4.74. The molecular weight excluding hydrogens is 273 g/mol. The third kappa shape index (κ3) is 3.20. The average Bonchev–Trinajstić information content (AvgIpc) is 2.53. The van der Waals surface area contributed by atoms with Crippen molar-refractivity contribution >= 4 is 0 Å². The van der Waals surface area contributed by atoms with E-state index >= 15 is 0 Å². The van der Waals surface area contributed by atoms with Crippen molar-refractivity contribution in [2.75, 3.05) is 0 Å². The molecule has 0 N–H and O–H groups in total. The lowest BCUT2D eigenvalue weighted by Crippen LogP contribution is -2.15. The van der Waals surface area contributed by atoms with Crippen LogP contribution in [0.4, 0.5) is 4.39 Å². The lowest BCUT2D eigenvalue weighted by molar-refractivity contribution is 0.424. The molecule has 1 atom stereocenters. The molecule has 0 radical (unpaired) electrons. The molecule has 0 bridgehead atoms. The van der Waals surface area contributed by atoms with Crippen LogP contribution < -0.4 is 0 Å². The van der Waals surface area contributed by atoms with E-state index in [4.69, 9.17) is 5.26 Å². The smallest absolute Gasteiger partial charge is 0.126 e. The van der Waals surface area contributed by atoms with Crippen LogP contribution in [0.2, 0.25) is 0 Å². The zero-order valence-corrected chi connectivity index (χ0v) is 12.9. The largest absolute Gasteiger partial charge is 0.207 e. The Labute approximate surface area is 131 Å².